The van der Waals surface area contributed by atoms with Crippen molar-refractivity contribution in [1.29, 1.82) is 0 Å². The van der Waals surface area contributed by atoms with Gasteiger partial charge in [0.2, 0.25) is 10.0 Å². The summed E-state index contributed by atoms with van der Waals surface area (Å²) in [5, 5.41) is 0. The molecule has 1 heterocycles. The Balaban J connectivity index is 1.88. The Morgan fingerprint density at radius 1 is 1.43 bits per heavy atom. The van der Waals surface area contributed by atoms with E-state index in [4.69, 9.17) is 4.74 Å². The molecule has 2 rings (SSSR count). The first-order valence-corrected chi connectivity index (χ1v) is 10.3. The molecule has 1 atom stereocenters. The van der Waals surface area contributed by atoms with E-state index >= 15 is 0 Å². The van der Waals surface area contributed by atoms with Crippen LogP contribution in [0.3, 0.4) is 0 Å². The number of rotatable bonds is 7. The van der Waals surface area contributed by atoms with Crippen molar-refractivity contribution >= 4 is 26.0 Å². The van der Waals surface area contributed by atoms with Crippen molar-refractivity contribution in [2.45, 2.75) is 31.1 Å². The number of hydrogen-bond donors (Lipinski definition) is 1. The Hall–Kier alpha value is -0.630. The lowest BCUT2D eigenvalue weighted by Crippen LogP contribution is -2.36. The highest BCUT2D eigenvalue weighted by atomic mass is 79.9. The Morgan fingerprint density at radius 2 is 2.22 bits per heavy atom. The molecular weight excluding hydrogens is 380 g/mol. The third-order valence-corrected chi connectivity index (χ3v) is 6.08. The summed E-state index contributed by atoms with van der Waals surface area (Å²) in [4.78, 5) is 2.59. The normalized spacial score (nSPS) is 19.7. The van der Waals surface area contributed by atoms with Crippen LogP contribution in [0, 0.1) is 5.92 Å². The van der Waals surface area contributed by atoms with Crippen LogP contribution in [0.4, 0.5) is 0 Å². The van der Waals surface area contributed by atoms with Crippen molar-refractivity contribution in [3.63, 3.8) is 0 Å². The van der Waals surface area contributed by atoms with Gasteiger partial charge in [-0.05, 0) is 56.5 Å². The van der Waals surface area contributed by atoms with E-state index in [2.05, 4.69) is 32.5 Å². The average Bonchev–Trinajstić information content (AvgIpc) is 2.52. The lowest BCUT2D eigenvalue weighted by molar-refractivity contribution is 0.182. The van der Waals surface area contributed by atoms with Gasteiger partial charge < -0.3 is 9.64 Å². The molecule has 1 fully saturated rings. The smallest absolute Gasteiger partial charge is 0.244 e. The summed E-state index contributed by atoms with van der Waals surface area (Å²) < 4.78 is 33.4. The van der Waals surface area contributed by atoms with Crippen molar-refractivity contribution in [3.05, 3.63) is 22.7 Å². The third kappa shape index (κ3) is 5.45. The zero-order valence-electron chi connectivity index (χ0n) is 13.7. The molecule has 23 heavy (non-hydrogen) atoms. The number of benzene rings is 1. The molecule has 0 radical (unpaired) electrons. The van der Waals surface area contributed by atoms with Crippen LogP contribution in [-0.4, -0.2) is 46.6 Å². The fraction of sp³-hybridized carbons (Fsp3) is 0.625. The van der Waals surface area contributed by atoms with Crippen LogP contribution in [0.15, 0.2) is 27.6 Å². The molecule has 0 spiro atoms. The summed E-state index contributed by atoms with van der Waals surface area (Å²) in [6, 6.07) is 4.97. The summed E-state index contributed by atoms with van der Waals surface area (Å²) >= 11 is 3.30. The number of piperidine rings is 1. The molecule has 1 N–H and O–H groups in total. The largest absolute Gasteiger partial charge is 0.495 e. The molecule has 1 aromatic rings. The summed E-state index contributed by atoms with van der Waals surface area (Å²) in [6.07, 6.45) is 3.34. The Labute approximate surface area is 147 Å². The molecule has 0 aliphatic carbocycles. The first-order chi connectivity index (χ1) is 10.9. The van der Waals surface area contributed by atoms with Gasteiger partial charge in [-0.2, -0.15) is 0 Å². The van der Waals surface area contributed by atoms with Gasteiger partial charge in [0.1, 0.15) is 10.6 Å². The maximum absolute atomic E-state index is 12.4. The van der Waals surface area contributed by atoms with E-state index in [1.807, 2.05) is 0 Å². The summed E-state index contributed by atoms with van der Waals surface area (Å²) in [5.74, 6) is 1.09. The van der Waals surface area contributed by atoms with E-state index in [1.165, 1.54) is 20.0 Å². The number of halogens is 1. The second kappa shape index (κ2) is 8.46. The van der Waals surface area contributed by atoms with Crippen molar-refractivity contribution in [2.75, 3.05) is 33.3 Å². The maximum Gasteiger partial charge on any atom is 0.244 e. The van der Waals surface area contributed by atoms with Gasteiger partial charge in [0.05, 0.1) is 7.11 Å². The van der Waals surface area contributed by atoms with Gasteiger partial charge in [-0.15, -0.1) is 0 Å². The molecule has 5 nitrogen and oxygen atoms in total. The molecule has 0 unspecified atom stereocenters. The van der Waals surface area contributed by atoms with Crippen LogP contribution in [0.1, 0.15) is 26.2 Å². The number of nitrogens with one attached hydrogen (secondary N) is 1. The highest BCUT2D eigenvalue weighted by Crippen LogP contribution is 2.27. The topological polar surface area (TPSA) is 58.6 Å². The van der Waals surface area contributed by atoms with Crippen molar-refractivity contribution in [3.8, 4) is 5.75 Å². The molecule has 1 saturated heterocycles. The van der Waals surface area contributed by atoms with Crippen LogP contribution in [0.25, 0.3) is 0 Å². The number of methoxy groups -OCH3 is 1. The molecular formula is C16H25BrN2O3S. The average molecular weight is 405 g/mol. The minimum atomic E-state index is -3.56. The van der Waals surface area contributed by atoms with E-state index in [-0.39, 0.29) is 4.90 Å². The fourth-order valence-corrected chi connectivity index (χ4v) is 4.72. The summed E-state index contributed by atoms with van der Waals surface area (Å²) in [5.41, 5.74) is 0. The number of sulfonamides is 1. The molecule has 7 heteroatoms. The molecule has 0 bridgehead atoms. The highest BCUT2D eigenvalue weighted by Gasteiger charge is 2.20. The van der Waals surface area contributed by atoms with E-state index < -0.39 is 10.0 Å². The van der Waals surface area contributed by atoms with Crippen molar-refractivity contribution in [2.24, 2.45) is 5.92 Å². The minimum absolute atomic E-state index is 0.168. The van der Waals surface area contributed by atoms with Crippen LogP contribution in [0.5, 0.6) is 5.75 Å². The quantitative estimate of drug-likeness (QED) is 0.709. The zero-order valence-corrected chi connectivity index (χ0v) is 16.1. The second-order valence-electron chi connectivity index (χ2n) is 6.09. The van der Waals surface area contributed by atoms with Gasteiger partial charge in [-0.25, -0.2) is 13.1 Å². The van der Waals surface area contributed by atoms with Gasteiger partial charge in [0, 0.05) is 17.6 Å². The number of nitrogens with zero attached hydrogens (tertiary/aromatic N) is 1. The predicted molar refractivity (Wildman–Crippen MR) is 95.3 cm³/mol. The van der Waals surface area contributed by atoms with E-state index in [9.17, 15) is 8.42 Å². The first-order valence-electron chi connectivity index (χ1n) is 7.98. The van der Waals surface area contributed by atoms with Crippen LogP contribution in [0.2, 0.25) is 0 Å². The Bertz CT molecular complexity index is 622. The summed E-state index contributed by atoms with van der Waals surface area (Å²) in [6.45, 7) is 5.88. The summed E-state index contributed by atoms with van der Waals surface area (Å²) in [7, 11) is -2.09. The second-order valence-corrected chi connectivity index (χ2v) is 8.75. The van der Waals surface area contributed by atoms with E-state index in [0.29, 0.717) is 16.8 Å². The molecule has 0 amide bonds. The van der Waals surface area contributed by atoms with Gasteiger partial charge in [-0.3, -0.25) is 0 Å². The van der Waals surface area contributed by atoms with Crippen molar-refractivity contribution < 1.29 is 13.2 Å². The van der Waals surface area contributed by atoms with Gasteiger partial charge >= 0.3 is 0 Å². The van der Waals surface area contributed by atoms with Crippen LogP contribution >= 0.6 is 15.9 Å². The molecule has 0 saturated carbocycles. The SMILES string of the molecule is COc1ccc(Br)cc1S(=O)(=O)NCCCN1CCC[C@@H](C)C1. The zero-order chi connectivity index (χ0) is 16.9. The van der Waals surface area contributed by atoms with Gasteiger partial charge in [0.25, 0.3) is 0 Å². The molecule has 1 aromatic carbocycles. The molecule has 0 aromatic heterocycles. The lowest BCUT2D eigenvalue weighted by atomic mass is 10.0. The molecule has 1 aliphatic rings. The van der Waals surface area contributed by atoms with Crippen LogP contribution < -0.4 is 9.46 Å². The van der Waals surface area contributed by atoms with Gasteiger partial charge in [0.15, 0.2) is 0 Å². The number of hydrogen-bond acceptors (Lipinski definition) is 4. The molecule has 1 aliphatic heterocycles. The van der Waals surface area contributed by atoms with Crippen LogP contribution in [-0.2, 0) is 10.0 Å². The Kier molecular flexibility index (Phi) is 6.88. The van der Waals surface area contributed by atoms with Gasteiger partial charge in [-0.1, -0.05) is 22.9 Å². The Morgan fingerprint density at radius 3 is 2.91 bits per heavy atom. The predicted octanol–water partition coefficient (Wildman–Crippen LogP) is 2.86. The minimum Gasteiger partial charge on any atom is -0.495 e. The van der Waals surface area contributed by atoms with E-state index in [1.54, 1.807) is 18.2 Å². The first kappa shape index (κ1) is 18.7. The maximum atomic E-state index is 12.4. The standard InChI is InChI=1S/C16H25BrN2O3S/c1-13-5-3-9-19(12-13)10-4-8-18-23(20,21)16-11-14(17)6-7-15(16)22-2/h6-7,11,13,18H,3-5,8-10,12H2,1-2H3/t13-/m1/s1. The monoisotopic (exact) mass is 404 g/mol. The highest BCUT2D eigenvalue weighted by molar-refractivity contribution is 9.10. The van der Waals surface area contributed by atoms with Crippen molar-refractivity contribution in [1.82, 2.24) is 9.62 Å². The third-order valence-electron chi connectivity index (χ3n) is 4.10. The molecule has 130 valence electrons. The lowest BCUT2D eigenvalue weighted by Gasteiger charge is -2.30. The number of likely N-dealkylation sites (tertiary alicyclic amines) is 1. The van der Waals surface area contributed by atoms with E-state index in [0.717, 1.165) is 32.0 Å². The fourth-order valence-electron chi connectivity index (χ4n) is 2.94. The number of ether oxygens (including phenoxy) is 1.